The van der Waals surface area contributed by atoms with Crippen LogP contribution in [0.2, 0.25) is 0 Å². The van der Waals surface area contributed by atoms with Gasteiger partial charge in [-0.25, -0.2) is 9.13 Å². The number of aliphatic hydroxyl groups excluding tert-OH is 1. The van der Waals surface area contributed by atoms with Crippen LogP contribution in [0.4, 0.5) is 0 Å². The van der Waals surface area contributed by atoms with E-state index in [0.717, 1.165) is 109 Å². The SMILES string of the molecule is CC(C)CCCCCCCCCCCCCCCCC(=O)O[C@H](COC(=O)CCCCCCCCCC(C)C)COP(=O)(O)OCC(O)COP(=O)(O)OC[C@@H](COC(=O)CCCCCCCCC(C)C)OC(=O)CCCCCCCCC(C)C. The molecule has 0 aromatic rings. The lowest BCUT2D eigenvalue weighted by atomic mass is 10.0. The lowest BCUT2D eigenvalue weighted by molar-refractivity contribution is -0.161. The van der Waals surface area contributed by atoms with Gasteiger partial charge in [0, 0.05) is 25.7 Å². The Balaban J connectivity index is 5.20. The van der Waals surface area contributed by atoms with Crippen molar-refractivity contribution in [3.05, 3.63) is 0 Å². The number of carbonyl (C=O) groups is 4. The Labute approximate surface area is 517 Å². The Bertz CT molecular complexity index is 1700. The van der Waals surface area contributed by atoms with Gasteiger partial charge in [-0.15, -0.1) is 0 Å². The number of phosphoric acid groups is 2. The van der Waals surface area contributed by atoms with Crippen molar-refractivity contribution in [2.24, 2.45) is 23.7 Å². The Morgan fingerprint density at radius 1 is 0.294 bits per heavy atom. The van der Waals surface area contributed by atoms with E-state index >= 15 is 0 Å². The van der Waals surface area contributed by atoms with Crippen molar-refractivity contribution in [2.45, 2.75) is 337 Å². The molecule has 0 bridgehead atoms. The molecule has 0 spiro atoms. The summed E-state index contributed by atoms with van der Waals surface area (Å²) in [6, 6.07) is 0. The molecule has 0 heterocycles. The summed E-state index contributed by atoms with van der Waals surface area (Å²) < 4.78 is 68.0. The standard InChI is InChI=1S/C66H128O17P2/c1-56(2)42-34-26-18-15-13-11-9-10-12-14-16-20-32-40-48-65(70)82-61(52-76-63(68)46-38-30-21-17-19-27-35-43-57(3)4)54-80-84(72,73)78-50-60(67)51-79-85(74,75)81-55-62(83-66(71)49-41-33-25-23-29-37-45-59(7)8)53-77-64(69)47-39-31-24-22-28-36-44-58(5)6/h56-62,67H,9-55H2,1-8H3,(H,72,73)(H,74,75)/t60?,61-,62-/m1/s1. The predicted molar refractivity (Wildman–Crippen MR) is 340 cm³/mol. The maximum absolute atomic E-state index is 13.0. The summed E-state index contributed by atoms with van der Waals surface area (Å²) >= 11 is 0. The first-order valence-electron chi connectivity index (χ1n) is 34.2. The molecule has 0 aliphatic rings. The fourth-order valence-corrected chi connectivity index (χ4v) is 11.4. The Hall–Kier alpha value is -1.94. The van der Waals surface area contributed by atoms with Gasteiger partial charge in [0.25, 0.3) is 0 Å². The minimum atomic E-state index is -4.95. The molecule has 0 rings (SSSR count). The normalized spacial score (nSPS) is 14.4. The lowest BCUT2D eigenvalue weighted by Crippen LogP contribution is -2.30. The zero-order valence-electron chi connectivity index (χ0n) is 55.2. The van der Waals surface area contributed by atoms with Gasteiger partial charge in [-0.2, -0.15) is 0 Å². The number of hydrogen-bond acceptors (Lipinski definition) is 15. The number of ether oxygens (including phenoxy) is 4. The summed E-state index contributed by atoms with van der Waals surface area (Å²) in [5.74, 6) is 0.707. The van der Waals surface area contributed by atoms with E-state index in [4.69, 9.17) is 37.0 Å². The van der Waals surface area contributed by atoms with Gasteiger partial charge >= 0.3 is 39.5 Å². The van der Waals surface area contributed by atoms with E-state index in [1.54, 1.807) is 0 Å². The van der Waals surface area contributed by atoms with Crippen molar-refractivity contribution >= 4 is 39.5 Å². The third kappa shape index (κ3) is 60.7. The molecule has 0 aliphatic heterocycles. The summed E-state index contributed by atoms with van der Waals surface area (Å²) in [6.07, 6.45) is 36.7. The van der Waals surface area contributed by atoms with Crippen LogP contribution in [0.5, 0.6) is 0 Å². The molecular weight excluding hydrogens is 1130 g/mol. The fourth-order valence-electron chi connectivity index (χ4n) is 9.78. The summed E-state index contributed by atoms with van der Waals surface area (Å²) in [6.45, 7) is 13.9. The van der Waals surface area contributed by atoms with E-state index in [1.165, 1.54) is 109 Å². The first-order chi connectivity index (χ1) is 40.6. The largest absolute Gasteiger partial charge is 0.472 e. The highest BCUT2D eigenvalue weighted by molar-refractivity contribution is 7.47. The number of phosphoric ester groups is 2. The summed E-state index contributed by atoms with van der Waals surface area (Å²) in [4.78, 5) is 72.2. The number of aliphatic hydroxyl groups is 1. The van der Waals surface area contributed by atoms with Crippen molar-refractivity contribution in [2.75, 3.05) is 39.6 Å². The second-order valence-electron chi connectivity index (χ2n) is 25.8. The molecule has 85 heavy (non-hydrogen) atoms. The quantitative estimate of drug-likeness (QED) is 0.0222. The van der Waals surface area contributed by atoms with Gasteiger partial charge in [0.2, 0.25) is 0 Å². The van der Waals surface area contributed by atoms with Crippen molar-refractivity contribution in [3.63, 3.8) is 0 Å². The van der Waals surface area contributed by atoms with Gasteiger partial charge in [0.05, 0.1) is 26.4 Å². The number of hydrogen-bond donors (Lipinski definition) is 3. The van der Waals surface area contributed by atoms with E-state index in [9.17, 15) is 43.2 Å². The molecule has 17 nitrogen and oxygen atoms in total. The fraction of sp³-hybridized carbons (Fsp3) is 0.939. The maximum Gasteiger partial charge on any atom is 0.472 e. The highest BCUT2D eigenvalue weighted by Crippen LogP contribution is 2.45. The molecule has 0 saturated carbocycles. The van der Waals surface area contributed by atoms with E-state index in [2.05, 4.69) is 55.4 Å². The minimum absolute atomic E-state index is 0.100. The molecule has 0 fully saturated rings. The zero-order chi connectivity index (χ0) is 63.2. The molecule has 0 amide bonds. The number of rotatable bonds is 63. The van der Waals surface area contributed by atoms with Crippen LogP contribution in [-0.4, -0.2) is 96.7 Å². The van der Waals surface area contributed by atoms with E-state index in [-0.39, 0.29) is 25.7 Å². The summed E-state index contributed by atoms with van der Waals surface area (Å²) in [5.41, 5.74) is 0. The molecule has 0 radical (unpaired) electrons. The third-order valence-electron chi connectivity index (χ3n) is 15.1. The van der Waals surface area contributed by atoms with E-state index < -0.39 is 97.5 Å². The molecule has 19 heteroatoms. The third-order valence-corrected chi connectivity index (χ3v) is 17.0. The van der Waals surface area contributed by atoms with Crippen LogP contribution in [0.25, 0.3) is 0 Å². The smallest absolute Gasteiger partial charge is 0.462 e. The summed E-state index contributed by atoms with van der Waals surface area (Å²) in [5, 5.41) is 10.5. The van der Waals surface area contributed by atoms with Crippen LogP contribution >= 0.6 is 15.6 Å². The van der Waals surface area contributed by atoms with E-state index in [0.29, 0.717) is 43.4 Å². The van der Waals surface area contributed by atoms with Crippen molar-refractivity contribution < 1.29 is 80.2 Å². The maximum atomic E-state index is 13.0. The van der Waals surface area contributed by atoms with Crippen molar-refractivity contribution in [1.29, 1.82) is 0 Å². The summed E-state index contributed by atoms with van der Waals surface area (Å²) in [7, 11) is -9.89. The molecule has 3 N–H and O–H groups in total. The zero-order valence-corrected chi connectivity index (χ0v) is 57.0. The van der Waals surface area contributed by atoms with Gasteiger partial charge in [-0.3, -0.25) is 37.3 Å². The average Bonchev–Trinajstić information content (AvgIpc) is 3.61. The van der Waals surface area contributed by atoms with Crippen LogP contribution in [-0.2, 0) is 65.4 Å². The predicted octanol–water partition coefficient (Wildman–Crippen LogP) is 18.1. The first kappa shape index (κ1) is 83.1. The molecular formula is C66H128O17P2. The molecule has 0 aromatic heterocycles. The molecule has 3 unspecified atom stereocenters. The van der Waals surface area contributed by atoms with Crippen LogP contribution < -0.4 is 0 Å². The Morgan fingerprint density at radius 3 is 0.729 bits per heavy atom. The van der Waals surface area contributed by atoms with Gasteiger partial charge < -0.3 is 33.8 Å². The average molecular weight is 1260 g/mol. The second-order valence-corrected chi connectivity index (χ2v) is 28.7. The Kier molecular flexibility index (Phi) is 54.8. The lowest BCUT2D eigenvalue weighted by Gasteiger charge is -2.21. The monoisotopic (exact) mass is 1250 g/mol. The van der Waals surface area contributed by atoms with Crippen LogP contribution in [0, 0.1) is 23.7 Å². The molecule has 0 aliphatic carbocycles. The Morgan fingerprint density at radius 2 is 0.494 bits per heavy atom. The van der Waals surface area contributed by atoms with Crippen LogP contribution in [0.1, 0.15) is 319 Å². The molecule has 0 aromatic carbocycles. The van der Waals surface area contributed by atoms with E-state index in [1.807, 2.05) is 0 Å². The second kappa shape index (κ2) is 56.1. The van der Waals surface area contributed by atoms with Gasteiger partial charge in [-0.05, 0) is 49.4 Å². The first-order valence-corrected chi connectivity index (χ1v) is 37.2. The number of esters is 4. The topological polar surface area (TPSA) is 237 Å². The number of carbonyl (C=O) groups excluding carboxylic acids is 4. The van der Waals surface area contributed by atoms with Gasteiger partial charge in [-0.1, -0.05) is 267 Å². The number of unbranched alkanes of at least 4 members (excludes halogenated alkanes) is 29. The molecule has 5 atom stereocenters. The van der Waals surface area contributed by atoms with Crippen molar-refractivity contribution in [3.8, 4) is 0 Å². The van der Waals surface area contributed by atoms with Crippen molar-refractivity contribution in [1.82, 2.24) is 0 Å². The highest BCUT2D eigenvalue weighted by atomic mass is 31.2. The molecule has 504 valence electrons. The van der Waals surface area contributed by atoms with Gasteiger partial charge in [0.15, 0.2) is 12.2 Å². The van der Waals surface area contributed by atoms with Gasteiger partial charge in [0.1, 0.15) is 19.3 Å². The van der Waals surface area contributed by atoms with Crippen LogP contribution in [0.3, 0.4) is 0 Å². The minimum Gasteiger partial charge on any atom is -0.462 e. The van der Waals surface area contributed by atoms with Crippen LogP contribution in [0.15, 0.2) is 0 Å². The highest BCUT2D eigenvalue weighted by Gasteiger charge is 2.30. The molecule has 0 saturated heterocycles.